The van der Waals surface area contributed by atoms with Gasteiger partial charge in [0.15, 0.2) is 0 Å². The number of methoxy groups -OCH3 is 1. The molecule has 0 saturated heterocycles. The van der Waals surface area contributed by atoms with Crippen molar-refractivity contribution in [3.05, 3.63) is 84.1 Å². The summed E-state index contributed by atoms with van der Waals surface area (Å²) in [7, 11) is 1.34. The number of benzene rings is 2. The maximum absolute atomic E-state index is 12.7. The minimum atomic E-state index is -0.452. The van der Waals surface area contributed by atoms with Gasteiger partial charge in [0.1, 0.15) is 6.61 Å². The van der Waals surface area contributed by atoms with Crippen molar-refractivity contribution in [2.24, 2.45) is 5.92 Å². The van der Waals surface area contributed by atoms with E-state index in [9.17, 15) is 14.4 Å². The molecule has 3 aromatic rings. The molecule has 0 spiro atoms. The van der Waals surface area contributed by atoms with Crippen LogP contribution in [-0.2, 0) is 32.1 Å². The van der Waals surface area contributed by atoms with Crippen LogP contribution in [0.5, 0.6) is 0 Å². The molecule has 34 heavy (non-hydrogen) atoms. The number of nitrogens with zero attached hydrogens (tertiary/aromatic N) is 1. The highest BCUT2D eigenvalue weighted by Crippen LogP contribution is 2.22. The van der Waals surface area contributed by atoms with Crippen molar-refractivity contribution >= 4 is 28.9 Å². The van der Waals surface area contributed by atoms with Crippen LogP contribution in [0.3, 0.4) is 0 Å². The molecule has 178 valence electrons. The average molecular weight is 463 g/mol. The van der Waals surface area contributed by atoms with E-state index in [1.807, 2.05) is 73.7 Å². The molecule has 1 N–H and O–H groups in total. The van der Waals surface area contributed by atoms with Crippen molar-refractivity contribution in [1.29, 1.82) is 0 Å². The van der Waals surface area contributed by atoms with Crippen LogP contribution in [-0.4, -0.2) is 36.2 Å². The minimum Gasteiger partial charge on any atom is -0.469 e. The highest BCUT2D eigenvalue weighted by atomic mass is 16.5. The maximum atomic E-state index is 12.7. The van der Waals surface area contributed by atoms with E-state index < -0.39 is 6.09 Å². The van der Waals surface area contributed by atoms with E-state index in [2.05, 4.69) is 5.32 Å². The Kier molecular flexibility index (Phi) is 9.03. The molecule has 3 rings (SSSR count). The first kappa shape index (κ1) is 24.8. The van der Waals surface area contributed by atoms with Gasteiger partial charge in [0.25, 0.3) is 0 Å². The monoisotopic (exact) mass is 462 g/mol. The normalized spacial score (nSPS) is 11.9. The molecule has 0 aliphatic carbocycles. The van der Waals surface area contributed by atoms with Crippen molar-refractivity contribution < 1.29 is 23.9 Å². The van der Waals surface area contributed by atoms with Crippen molar-refractivity contribution in [2.45, 2.75) is 32.8 Å². The molecule has 0 saturated carbocycles. The van der Waals surface area contributed by atoms with Gasteiger partial charge in [0.05, 0.1) is 19.0 Å². The Morgan fingerprint density at radius 2 is 1.76 bits per heavy atom. The van der Waals surface area contributed by atoms with Gasteiger partial charge in [-0.2, -0.15) is 0 Å². The van der Waals surface area contributed by atoms with E-state index in [1.165, 1.54) is 11.7 Å². The summed E-state index contributed by atoms with van der Waals surface area (Å²) >= 11 is 0. The number of para-hydroxylation sites is 1. The molecule has 0 fully saturated rings. The third kappa shape index (κ3) is 6.81. The summed E-state index contributed by atoms with van der Waals surface area (Å²) in [5.41, 5.74) is 2.61. The van der Waals surface area contributed by atoms with E-state index in [1.54, 1.807) is 6.20 Å². The zero-order valence-corrected chi connectivity index (χ0v) is 19.5. The van der Waals surface area contributed by atoms with Crippen molar-refractivity contribution in [1.82, 2.24) is 9.88 Å². The Balaban J connectivity index is 1.61. The van der Waals surface area contributed by atoms with Gasteiger partial charge in [-0.05, 0) is 36.5 Å². The molecule has 7 nitrogen and oxygen atoms in total. The largest absolute Gasteiger partial charge is 0.469 e. The Bertz CT molecular complexity index is 1150. The fourth-order valence-corrected chi connectivity index (χ4v) is 3.81. The lowest BCUT2D eigenvalue weighted by atomic mass is 10.0. The molecule has 1 heterocycles. The number of carbonyl (C=O) groups excluding carboxylic acids is 3. The number of esters is 1. The van der Waals surface area contributed by atoms with Crippen LogP contribution < -0.4 is 5.32 Å². The second kappa shape index (κ2) is 12.4. The van der Waals surface area contributed by atoms with Crippen molar-refractivity contribution in [3.8, 4) is 0 Å². The zero-order chi connectivity index (χ0) is 24.3. The molecule has 0 radical (unpaired) electrons. The van der Waals surface area contributed by atoms with Gasteiger partial charge in [-0.25, -0.2) is 4.79 Å². The quantitative estimate of drug-likeness (QED) is 0.351. The molecule has 1 amide bonds. The number of allylic oxidation sites excluding steroid dienone is 2. The summed E-state index contributed by atoms with van der Waals surface area (Å²) < 4.78 is 11.7. The number of rotatable bonds is 10. The Morgan fingerprint density at radius 1 is 1.03 bits per heavy atom. The summed E-state index contributed by atoms with van der Waals surface area (Å²) in [5, 5.41) is 3.85. The summed E-state index contributed by atoms with van der Waals surface area (Å²) in [6.07, 6.45) is 5.89. The number of nitrogens with one attached hydrogen (secondary N) is 1. The summed E-state index contributed by atoms with van der Waals surface area (Å²) in [6, 6.07) is 17.1. The summed E-state index contributed by atoms with van der Waals surface area (Å²) in [4.78, 5) is 36.7. The number of carbonyl (C=O) groups is 3. The summed E-state index contributed by atoms with van der Waals surface area (Å²) in [6.45, 7) is 2.45. The van der Waals surface area contributed by atoms with Crippen LogP contribution in [0.1, 0.15) is 30.9 Å². The lowest BCUT2D eigenvalue weighted by Gasteiger charge is -2.11. The van der Waals surface area contributed by atoms with Gasteiger partial charge >= 0.3 is 12.1 Å². The van der Waals surface area contributed by atoms with Crippen LogP contribution in [0.4, 0.5) is 4.79 Å². The number of aromatic nitrogens is 1. The molecule has 1 aromatic heterocycles. The molecule has 2 aromatic carbocycles. The predicted octanol–water partition coefficient (Wildman–Crippen LogP) is 4.63. The molecule has 0 aliphatic rings. The van der Waals surface area contributed by atoms with Gasteiger partial charge < -0.3 is 14.8 Å². The molecule has 7 heteroatoms. The van der Waals surface area contributed by atoms with E-state index >= 15 is 0 Å². The lowest BCUT2D eigenvalue weighted by molar-refractivity contribution is -0.141. The average Bonchev–Trinajstić information content (AvgIpc) is 3.22. The van der Waals surface area contributed by atoms with Crippen molar-refractivity contribution in [3.63, 3.8) is 0 Å². The number of fused-ring (bicyclic) bond motifs is 1. The Morgan fingerprint density at radius 3 is 2.50 bits per heavy atom. The van der Waals surface area contributed by atoms with Gasteiger partial charge in [-0.1, -0.05) is 60.7 Å². The molecular weight excluding hydrogens is 432 g/mol. The molecule has 0 aliphatic heterocycles. The standard InChI is InChI=1S/C27H30N2O5/c1-3-9-21(17-26(31)33-2)16-25(30)28-15-14-22-18-29(24-13-8-7-12-23(22)24)27(32)34-19-20-10-5-4-6-11-20/h3-13,18,21H,14-17,19H2,1-2H3,(H,28,30)/b9-3-. The number of amides is 1. The van der Waals surface area contributed by atoms with Gasteiger partial charge in [0.2, 0.25) is 5.91 Å². The van der Waals surface area contributed by atoms with Crippen molar-refractivity contribution in [2.75, 3.05) is 13.7 Å². The van der Waals surface area contributed by atoms with E-state index in [4.69, 9.17) is 9.47 Å². The topological polar surface area (TPSA) is 86.6 Å². The smallest absolute Gasteiger partial charge is 0.418 e. The fourth-order valence-electron chi connectivity index (χ4n) is 3.81. The SMILES string of the molecule is C/C=C\C(CC(=O)NCCc1cn(C(=O)OCc2ccccc2)c2ccccc12)CC(=O)OC. The predicted molar refractivity (Wildman–Crippen MR) is 130 cm³/mol. The van der Waals surface area contributed by atoms with Gasteiger partial charge in [-0.15, -0.1) is 0 Å². The second-order valence-corrected chi connectivity index (χ2v) is 7.95. The first-order valence-corrected chi connectivity index (χ1v) is 11.3. The number of hydrogen-bond acceptors (Lipinski definition) is 5. The maximum Gasteiger partial charge on any atom is 0.418 e. The van der Waals surface area contributed by atoms with E-state index in [0.717, 1.165) is 22.0 Å². The minimum absolute atomic E-state index is 0.141. The number of hydrogen-bond donors (Lipinski definition) is 1. The van der Waals surface area contributed by atoms with Crippen LogP contribution >= 0.6 is 0 Å². The molecular formula is C27H30N2O5. The second-order valence-electron chi connectivity index (χ2n) is 7.95. The third-order valence-corrected chi connectivity index (χ3v) is 5.48. The Hall–Kier alpha value is -3.87. The van der Waals surface area contributed by atoms with E-state index in [0.29, 0.717) is 13.0 Å². The molecule has 1 atom stereocenters. The highest BCUT2D eigenvalue weighted by Gasteiger charge is 2.17. The molecule has 1 unspecified atom stereocenters. The third-order valence-electron chi connectivity index (χ3n) is 5.48. The van der Waals surface area contributed by atoms with E-state index in [-0.39, 0.29) is 37.2 Å². The fraction of sp³-hybridized carbons (Fsp3) is 0.296. The van der Waals surface area contributed by atoms with Crippen LogP contribution in [0, 0.1) is 5.92 Å². The van der Waals surface area contributed by atoms with Crippen LogP contribution in [0.2, 0.25) is 0 Å². The van der Waals surface area contributed by atoms with Gasteiger partial charge in [-0.3, -0.25) is 14.2 Å². The lowest BCUT2D eigenvalue weighted by Crippen LogP contribution is -2.28. The molecule has 0 bridgehead atoms. The van der Waals surface area contributed by atoms with Gasteiger partial charge in [0, 0.05) is 24.5 Å². The number of ether oxygens (including phenoxy) is 2. The zero-order valence-electron chi connectivity index (χ0n) is 19.5. The first-order valence-electron chi connectivity index (χ1n) is 11.3. The first-order chi connectivity index (χ1) is 16.5. The highest BCUT2D eigenvalue weighted by molar-refractivity contribution is 5.92. The Labute approximate surface area is 199 Å². The summed E-state index contributed by atoms with van der Waals surface area (Å²) in [5.74, 6) is -0.695. The van der Waals surface area contributed by atoms with Crippen LogP contribution in [0.15, 0.2) is 72.9 Å². The van der Waals surface area contributed by atoms with Crippen LogP contribution in [0.25, 0.3) is 10.9 Å².